The Labute approximate surface area is 108 Å². The molecular weight excluding hydrogens is 232 g/mol. The van der Waals surface area contributed by atoms with Crippen molar-refractivity contribution < 1.29 is 9.59 Å². The van der Waals surface area contributed by atoms with Crippen LogP contribution >= 0.6 is 0 Å². The minimum absolute atomic E-state index is 0.0440. The number of hydrogen-bond acceptors (Lipinski definition) is 4. The third-order valence-electron chi connectivity index (χ3n) is 3.49. The molecule has 1 aliphatic rings. The lowest BCUT2D eigenvalue weighted by Crippen LogP contribution is -2.62. The van der Waals surface area contributed by atoms with Crippen molar-refractivity contribution in [3.63, 3.8) is 0 Å². The van der Waals surface area contributed by atoms with E-state index in [4.69, 9.17) is 5.73 Å². The third-order valence-corrected chi connectivity index (χ3v) is 3.49. The first-order chi connectivity index (χ1) is 8.47. The molecule has 18 heavy (non-hydrogen) atoms. The number of piperazine rings is 1. The van der Waals surface area contributed by atoms with Gasteiger partial charge in [-0.1, -0.05) is 6.92 Å². The number of carbonyl (C=O) groups excluding carboxylic acids is 2. The largest absolute Gasteiger partial charge is 0.368 e. The summed E-state index contributed by atoms with van der Waals surface area (Å²) in [4.78, 5) is 25.3. The number of primary amides is 1. The molecular formula is C12H24N4O2. The van der Waals surface area contributed by atoms with E-state index < -0.39 is 6.04 Å². The molecule has 6 heteroatoms. The van der Waals surface area contributed by atoms with Gasteiger partial charge in [-0.05, 0) is 20.3 Å². The molecule has 0 spiro atoms. The van der Waals surface area contributed by atoms with Gasteiger partial charge in [0.05, 0.1) is 6.04 Å². The van der Waals surface area contributed by atoms with Crippen LogP contribution in [-0.2, 0) is 9.59 Å². The topological polar surface area (TPSA) is 87.5 Å². The van der Waals surface area contributed by atoms with Gasteiger partial charge < -0.3 is 16.4 Å². The van der Waals surface area contributed by atoms with Gasteiger partial charge in [0.1, 0.15) is 6.04 Å². The number of nitrogens with one attached hydrogen (secondary N) is 2. The Kier molecular flexibility index (Phi) is 5.55. The van der Waals surface area contributed by atoms with E-state index in [1.54, 1.807) is 0 Å². The average Bonchev–Trinajstić information content (AvgIpc) is 2.37. The zero-order chi connectivity index (χ0) is 13.7. The Bertz CT molecular complexity index is 308. The number of amides is 2. The molecule has 4 N–H and O–H groups in total. The highest BCUT2D eigenvalue weighted by Gasteiger charge is 2.33. The lowest BCUT2D eigenvalue weighted by atomic mass is 10.1. The van der Waals surface area contributed by atoms with Crippen LogP contribution in [0.4, 0.5) is 0 Å². The summed E-state index contributed by atoms with van der Waals surface area (Å²) in [6, 6.07) is -0.593. The fourth-order valence-electron chi connectivity index (χ4n) is 2.06. The van der Waals surface area contributed by atoms with E-state index in [-0.39, 0.29) is 23.9 Å². The first-order valence-corrected chi connectivity index (χ1v) is 6.53. The minimum Gasteiger partial charge on any atom is -0.368 e. The average molecular weight is 256 g/mol. The smallest absolute Gasteiger partial charge is 0.237 e. The SMILES string of the molecule is CCC(C)NC(=O)C(C)N1CCNCC1C(N)=O. The van der Waals surface area contributed by atoms with E-state index in [1.165, 1.54) is 0 Å². The molecule has 0 bridgehead atoms. The highest BCUT2D eigenvalue weighted by Crippen LogP contribution is 2.09. The van der Waals surface area contributed by atoms with Crippen LogP contribution in [0.1, 0.15) is 27.2 Å². The first kappa shape index (κ1) is 14.9. The summed E-state index contributed by atoms with van der Waals surface area (Å²) in [6.45, 7) is 7.74. The van der Waals surface area contributed by atoms with Gasteiger partial charge in [0.15, 0.2) is 0 Å². The summed E-state index contributed by atoms with van der Waals surface area (Å²) >= 11 is 0. The molecule has 0 aromatic rings. The monoisotopic (exact) mass is 256 g/mol. The van der Waals surface area contributed by atoms with Crippen LogP contribution in [0.2, 0.25) is 0 Å². The molecule has 104 valence electrons. The highest BCUT2D eigenvalue weighted by molar-refractivity contribution is 5.84. The van der Waals surface area contributed by atoms with Crippen molar-refractivity contribution in [1.82, 2.24) is 15.5 Å². The molecule has 2 amide bonds. The lowest BCUT2D eigenvalue weighted by Gasteiger charge is -2.37. The Balaban J connectivity index is 2.65. The van der Waals surface area contributed by atoms with Crippen LogP contribution in [0.3, 0.4) is 0 Å². The minimum atomic E-state index is -0.406. The standard InChI is InChI=1S/C12H24N4O2/c1-4-8(2)15-12(18)9(3)16-6-5-14-7-10(16)11(13)17/h8-10,14H,4-7H2,1-3H3,(H2,13,17)(H,15,18). The molecule has 0 saturated carbocycles. The maximum Gasteiger partial charge on any atom is 0.237 e. The van der Waals surface area contributed by atoms with Gasteiger partial charge in [-0.3, -0.25) is 14.5 Å². The summed E-state index contributed by atoms with van der Waals surface area (Å²) in [5.74, 6) is -0.428. The van der Waals surface area contributed by atoms with Crippen LogP contribution < -0.4 is 16.4 Å². The van der Waals surface area contributed by atoms with Crippen molar-refractivity contribution in [2.75, 3.05) is 19.6 Å². The normalized spacial score (nSPS) is 24.3. The zero-order valence-electron chi connectivity index (χ0n) is 11.4. The van der Waals surface area contributed by atoms with E-state index in [2.05, 4.69) is 10.6 Å². The second kappa shape index (κ2) is 6.70. The molecule has 1 saturated heterocycles. The van der Waals surface area contributed by atoms with Crippen LogP contribution in [-0.4, -0.2) is 54.5 Å². The van der Waals surface area contributed by atoms with Crippen molar-refractivity contribution in [2.45, 2.75) is 45.3 Å². The van der Waals surface area contributed by atoms with E-state index in [0.29, 0.717) is 13.1 Å². The van der Waals surface area contributed by atoms with Crippen LogP contribution in [0.15, 0.2) is 0 Å². The van der Waals surface area contributed by atoms with Crippen molar-refractivity contribution in [3.8, 4) is 0 Å². The molecule has 0 radical (unpaired) electrons. The Morgan fingerprint density at radius 2 is 2.17 bits per heavy atom. The second-order valence-electron chi connectivity index (χ2n) is 4.85. The molecule has 1 fully saturated rings. The Morgan fingerprint density at radius 1 is 1.50 bits per heavy atom. The second-order valence-corrected chi connectivity index (χ2v) is 4.85. The van der Waals surface area contributed by atoms with E-state index in [9.17, 15) is 9.59 Å². The maximum absolute atomic E-state index is 12.1. The van der Waals surface area contributed by atoms with E-state index >= 15 is 0 Å². The number of rotatable bonds is 5. The molecule has 1 heterocycles. The molecule has 0 aliphatic carbocycles. The van der Waals surface area contributed by atoms with Gasteiger partial charge in [-0.15, -0.1) is 0 Å². The third kappa shape index (κ3) is 3.68. The summed E-state index contributed by atoms with van der Waals surface area (Å²) < 4.78 is 0. The summed E-state index contributed by atoms with van der Waals surface area (Å²) in [6.07, 6.45) is 0.888. The van der Waals surface area contributed by atoms with Crippen molar-refractivity contribution in [3.05, 3.63) is 0 Å². The summed E-state index contributed by atoms with van der Waals surface area (Å²) in [5, 5.41) is 6.05. The van der Waals surface area contributed by atoms with E-state index in [1.807, 2.05) is 25.7 Å². The predicted octanol–water partition coefficient (Wildman–Crippen LogP) is -0.951. The predicted molar refractivity (Wildman–Crippen MR) is 69.9 cm³/mol. The highest BCUT2D eigenvalue weighted by atomic mass is 16.2. The molecule has 3 unspecified atom stereocenters. The summed E-state index contributed by atoms with van der Waals surface area (Å²) in [5.41, 5.74) is 5.37. The van der Waals surface area contributed by atoms with E-state index in [0.717, 1.165) is 13.0 Å². The number of carbonyl (C=O) groups is 2. The molecule has 0 aromatic heterocycles. The molecule has 1 rings (SSSR count). The van der Waals surface area contributed by atoms with Crippen molar-refractivity contribution in [2.24, 2.45) is 5.73 Å². The van der Waals surface area contributed by atoms with Crippen LogP contribution in [0.5, 0.6) is 0 Å². The van der Waals surface area contributed by atoms with Gasteiger partial charge >= 0.3 is 0 Å². The molecule has 0 aromatic carbocycles. The fourth-order valence-corrected chi connectivity index (χ4v) is 2.06. The van der Waals surface area contributed by atoms with Gasteiger partial charge in [-0.2, -0.15) is 0 Å². The summed E-state index contributed by atoms with van der Waals surface area (Å²) in [7, 11) is 0. The maximum atomic E-state index is 12.1. The zero-order valence-corrected chi connectivity index (χ0v) is 11.4. The molecule has 1 aliphatic heterocycles. The van der Waals surface area contributed by atoms with Gasteiger partial charge in [0, 0.05) is 25.7 Å². The van der Waals surface area contributed by atoms with Gasteiger partial charge in [-0.25, -0.2) is 0 Å². The molecule has 6 nitrogen and oxygen atoms in total. The van der Waals surface area contributed by atoms with Crippen molar-refractivity contribution in [1.29, 1.82) is 0 Å². The first-order valence-electron chi connectivity index (χ1n) is 6.53. The fraction of sp³-hybridized carbons (Fsp3) is 0.833. The lowest BCUT2D eigenvalue weighted by molar-refractivity contribution is -0.131. The van der Waals surface area contributed by atoms with Gasteiger partial charge in [0.2, 0.25) is 11.8 Å². The quantitative estimate of drug-likeness (QED) is 0.592. The number of nitrogens with two attached hydrogens (primary N) is 1. The molecule has 3 atom stereocenters. The Morgan fingerprint density at radius 3 is 2.72 bits per heavy atom. The van der Waals surface area contributed by atoms with Gasteiger partial charge in [0.25, 0.3) is 0 Å². The van der Waals surface area contributed by atoms with Crippen molar-refractivity contribution >= 4 is 11.8 Å². The van der Waals surface area contributed by atoms with Crippen LogP contribution in [0, 0.1) is 0 Å². The Hall–Kier alpha value is -1.14. The van der Waals surface area contributed by atoms with Crippen LogP contribution in [0.25, 0.3) is 0 Å². The number of hydrogen-bond donors (Lipinski definition) is 3. The number of nitrogens with zero attached hydrogens (tertiary/aromatic N) is 1.